The topological polar surface area (TPSA) is 81.7 Å². The summed E-state index contributed by atoms with van der Waals surface area (Å²) in [6.07, 6.45) is 2.33. The lowest BCUT2D eigenvalue weighted by Gasteiger charge is -2.21. The van der Waals surface area contributed by atoms with Crippen molar-refractivity contribution >= 4 is 23.8 Å². The molecule has 0 saturated heterocycles. The molecule has 0 aliphatic rings. The second kappa shape index (κ2) is 9.91. The number of hydrogen-bond acceptors (Lipinski definition) is 4. The zero-order chi connectivity index (χ0) is 14.8. The molecule has 0 aliphatic heterocycles. The van der Waals surface area contributed by atoms with Gasteiger partial charge in [-0.05, 0) is 39.3 Å². The average molecular weight is 291 g/mol. The van der Waals surface area contributed by atoms with Crippen LogP contribution in [0.4, 0.5) is 4.79 Å². The summed E-state index contributed by atoms with van der Waals surface area (Å²) in [4.78, 5) is 24.6. The zero-order valence-electron chi connectivity index (χ0n) is 12.1. The Morgan fingerprint density at radius 1 is 1.37 bits per heavy atom. The van der Waals surface area contributed by atoms with E-state index in [0.717, 1.165) is 6.54 Å². The van der Waals surface area contributed by atoms with E-state index in [4.69, 9.17) is 5.11 Å². The van der Waals surface area contributed by atoms with E-state index in [-0.39, 0.29) is 0 Å². The molecule has 0 spiro atoms. The number of nitrogens with one attached hydrogen (secondary N) is 2. The number of rotatable bonds is 9. The molecule has 19 heavy (non-hydrogen) atoms. The third kappa shape index (κ3) is 8.72. The summed E-state index contributed by atoms with van der Waals surface area (Å²) in [5, 5.41) is 14.1. The summed E-state index contributed by atoms with van der Waals surface area (Å²) in [5.74, 6) is -0.295. The molecule has 0 radical (unpaired) electrons. The third-order valence-electron chi connectivity index (χ3n) is 2.85. The van der Waals surface area contributed by atoms with Crippen molar-refractivity contribution in [3.05, 3.63) is 0 Å². The molecule has 2 amide bonds. The van der Waals surface area contributed by atoms with Gasteiger partial charge in [0.1, 0.15) is 6.04 Å². The van der Waals surface area contributed by atoms with Crippen LogP contribution in [0.5, 0.6) is 0 Å². The molecule has 0 aromatic rings. The van der Waals surface area contributed by atoms with Crippen LogP contribution in [0.2, 0.25) is 0 Å². The second-order valence-electron chi connectivity index (χ2n) is 4.65. The second-order valence-corrected chi connectivity index (χ2v) is 5.63. The predicted molar refractivity (Wildman–Crippen MR) is 78.7 cm³/mol. The van der Waals surface area contributed by atoms with Crippen molar-refractivity contribution in [3.8, 4) is 0 Å². The van der Waals surface area contributed by atoms with Crippen molar-refractivity contribution < 1.29 is 14.7 Å². The molecule has 1 unspecified atom stereocenters. The Hall–Kier alpha value is -0.950. The standard InChI is InChI=1S/C12H25N3O3S/c1-9(2)15(3)7-6-13-12(18)14-10(11(16)17)5-8-19-4/h9-10H,5-8H2,1-4H3,(H,16,17)(H2,13,14,18). The maximum atomic E-state index is 11.6. The van der Waals surface area contributed by atoms with Gasteiger partial charge >= 0.3 is 12.0 Å². The number of carboxylic acid groups (broad SMARTS) is 1. The summed E-state index contributed by atoms with van der Waals surface area (Å²) >= 11 is 1.56. The van der Waals surface area contributed by atoms with Crippen molar-refractivity contribution in [1.29, 1.82) is 0 Å². The van der Waals surface area contributed by atoms with Crippen molar-refractivity contribution in [2.75, 3.05) is 32.1 Å². The summed E-state index contributed by atoms with van der Waals surface area (Å²) in [5.41, 5.74) is 0. The van der Waals surface area contributed by atoms with Gasteiger partial charge in [0.05, 0.1) is 0 Å². The number of thioether (sulfide) groups is 1. The Bertz CT molecular complexity index is 287. The molecule has 1 atom stereocenters. The Balaban J connectivity index is 3.96. The van der Waals surface area contributed by atoms with E-state index >= 15 is 0 Å². The number of carbonyl (C=O) groups is 2. The fourth-order valence-corrected chi connectivity index (χ4v) is 1.78. The van der Waals surface area contributed by atoms with Gasteiger partial charge in [0.25, 0.3) is 0 Å². The third-order valence-corrected chi connectivity index (χ3v) is 3.49. The first kappa shape index (κ1) is 18.0. The molecule has 0 heterocycles. The largest absolute Gasteiger partial charge is 0.480 e. The Kier molecular flexibility index (Phi) is 9.42. The smallest absolute Gasteiger partial charge is 0.326 e. The van der Waals surface area contributed by atoms with E-state index in [1.165, 1.54) is 0 Å². The maximum absolute atomic E-state index is 11.6. The molecule has 6 nitrogen and oxygen atoms in total. The normalized spacial score (nSPS) is 12.5. The number of hydrogen-bond donors (Lipinski definition) is 3. The minimum atomic E-state index is -0.997. The van der Waals surface area contributed by atoms with Crippen LogP contribution in [0.3, 0.4) is 0 Å². The first-order valence-corrected chi connectivity index (χ1v) is 7.74. The van der Waals surface area contributed by atoms with Gasteiger partial charge in [-0.25, -0.2) is 9.59 Å². The molecule has 3 N–H and O–H groups in total. The number of amides is 2. The van der Waals surface area contributed by atoms with Crippen LogP contribution in [-0.4, -0.2) is 66.2 Å². The number of carbonyl (C=O) groups excluding carboxylic acids is 1. The lowest BCUT2D eigenvalue weighted by molar-refractivity contribution is -0.139. The number of urea groups is 1. The summed E-state index contributed by atoms with van der Waals surface area (Å²) in [7, 11) is 1.97. The Morgan fingerprint density at radius 2 is 2.00 bits per heavy atom. The van der Waals surface area contributed by atoms with Crippen molar-refractivity contribution in [1.82, 2.24) is 15.5 Å². The van der Waals surface area contributed by atoms with Crippen molar-refractivity contribution in [2.24, 2.45) is 0 Å². The molecule has 112 valence electrons. The zero-order valence-corrected chi connectivity index (χ0v) is 12.9. The SMILES string of the molecule is CSCCC(NC(=O)NCCN(C)C(C)C)C(=O)O. The van der Waals surface area contributed by atoms with E-state index in [9.17, 15) is 9.59 Å². The van der Waals surface area contributed by atoms with Gasteiger partial charge in [-0.1, -0.05) is 0 Å². The van der Waals surface area contributed by atoms with Gasteiger partial charge in [-0.2, -0.15) is 11.8 Å². The number of likely N-dealkylation sites (N-methyl/N-ethyl adjacent to an activating group) is 1. The van der Waals surface area contributed by atoms with Crippen LogP contribution in [0.1, 0.15) is 20.3 Å². The summed E-state index contributed by atoms with van der Waals surface area (Å²) in [6.45, 7) is 5.37. The van der Waals surface area contributed by atoms with E-state index in [1.54, 1.807) is 11.8 Å². The molecule has 0 aromatic carbocycles. The van der Waals surface area contributed by atoms with Crippen LogP contribution in [0.25, 0.3) is 0 Å². The molecule has 0 fully saturated rings. The van der Waals surface area contributed by atoms with Crippen LogP contribution < -0.4 is 10.6 Å². The molecule has 0 rings (SSSR count). The van der Waals surface area contributed by atoms with Gasteiger partial charge in [0.2, 0.25) is 0 Å². The average Bonchev–Trinajstić information content (AvgIpc) is 2.33. The highest BCUT2D eigenvalue weighted by atomic mass is 32.2. The van der Waals surface area contributed by atoms with Gasteiger partial charge < -0.3 is 20.6 Å². The molecule has 0 aliphatic carbocycles. The fraction of sp³-hybridized carbons (Fsp3) is 0.833. The summed E-state index contributed by atoms with van der Waals surface area (Å²) in [6, 6.07) is -0.834. The first-order valence-electron chi connectivity index (χ1n) is 6.34. The number of carboxylic acids is 1. The highest BCUT2D eigenvalue weighted by molar-refractivity contribution is 7.98. The predicted octanol–water partition coefficient (Wildman–Crippen LogP) is 0.832. The van der Waals surface area contributed by atoms with E-state index in [1.807, 2.05) is 13.3 Å². The Labute approximate surface area is 119 Å². The van der Waals surface area contributed by atoms with Crippen LogP contribution in [0, 0.1) is 0 Å². The van der Waals surface area contributed by atoms with E-state index < -0.39 is 18.0 Å². The first-order chi connectivity index (χ1) is 8.88. The van der Waals surface area contributed by atoms with Crippen molar-refractivity contribution in [2.45, 2.75) is 32.4 Å². The highest BCUT2D eigenvalue weighted by Gasteiger charge is 2.18. The highest BCUT2D eigenvalue weighted by Crippen LogP contribution is 2.00. The van der Waals surface area contributed by atoms with Crippen LogP contribution in [-0.2, 0) is 4.79 Å². The van der Waals surface area contributed by atoms with E-state index in [0.29, 0.717) is 24.8 Å². The molecule has 0 aromatic heterocycles. The lowest BCUT2D eigenvalue weighted by atomic mass is 10.2. The minimum Gasteiger partial charge on any atom is -0.480 e. The Morgan fingerprint density at radius 3 is 2.47 bits per heavy atom. The minimum absolute atomic E-state index is 0.415. The van der Waals surface area contributed by atoms with Gasteiger partial charge in [0.15, 0.2) is 0 Å². The molecule has 7 heteroatoms. The van der Waals surface area contributed by atoms with Gasteiger partial charge in [0, 0.05) is 19.1 Å². The van der Waals surface area contributed by atoms with Gasteiger partial charge in [-0.15, -0.1) is 0 Å². The molecular weight excluding hydrogens is 266 g/mol. The summed E-state index contributed by atoms with van der Waals surface area (Å²) < 4.78 is 0. The molecular formula is C12H25N3O3S. The van der Waals surface area contributed by atoms with E-state index in [2.05, 4.69) is 29.4 Å². The maximum Gasteiger partial charge on any atom is 0.326 e. The lowest BCUT2D eigenvalue weighted by Crippen LogP contribution is -2.48. The monoisotopic (exact) mass is 291 g/mol. The van der Waals surface area contributed by atoms with Crippen molar-refractivity contribution in [3.63, 3.8) is 0 Å². The quantitative estimate of drug-likeness (QED) is 0.586. The fourth-order valence-electron chi connectivity index (χ4n) is 1.31. The molecule has 0 bridgehead atoms. The molecule has 0 saturated carbocycles. The van der Waals surface area contributed by atoms with Gasteiger partial charge in [-0.3, -0.25) is 0 Å². The van der Waals surface area contributed by atoms with Crippen LogP contribution >= 0.6 is 11.8 Å². The number of nitrogens with zero attached hydrogens (tertiary/aromatic N) is 1. The number of aliphatic carboxylic acids is 1. The van der Waals surface area contributed by atoms with Crippen LogP contribution in [0.15, 0.2) is 0 Å².